The molecular formula is C17H27Cl2N3O. The van der Waals surface area contributed by atoms with Crippen molar-refractivity contribution in [2.45, 2.75) is 31.7 Å². The topological polar surface area (TPSA) is 44.4 Å². The van der Waals surface area contributed by atoms with Crippen molar-refractivity contribution < 1.29 is 4.79 Å². The minimum atomic E-state index is 0. The second-order valence-corrected chi connectivity index (χ2v) is 6.24. The van der Waals surface area contributed by atoms with Gasteiger partial charge in [-0.2, -0.15) is 0 Å². The Balaban J connectivity index is 0.00000132. The van der Waals surface area contributed by atoms with Crippen LogP contribution in [0.5, 0.6) is 0 Å². The van der Waals surface area contributed by atoms with Crippen molar-refractivity contribution in [1.82, 2.24) is 10.6 Å². The minimum absolute atomic E-state index is 0. The number of para-hydroxylation sites is 1. The van der Waals surface area contributed by atoms with Gasteiger partial charge in [-0.15, -0.1) is 24.8 Å². The van der Waals surface area contributed by atoms with Crippen LogP contribution in [0.4, 0.5) is 5.69 Å². The van der Waals surface area contributed by atoms with Gasteiger partial charge in [0.1, 0.15) is 0 Å². The summed E-state index contributed by atoms with van der Waals surface area (Å²) < 4.78 is 0. The van der Waals surface area contributed by atoms with Gasteiger partial charge in [0.15, 0.2) is 0 Å². The monoisotopic (exact) mass is 359 g/mol. The van der Waals surface area contributed by atoms with Crippen LogP contribution in [0.15, 0.2) is 30.3 Å². The molecule has 2 aliphatic heterocycles. The lowest BCUT2D eigenvalue weighted by Crippen LogP contribution is -2.35. The van der Waals surface area contributed by atoms with Crippen molar-refractivity contribution in [2.75, 3.05) is 31.1 Å². The van der Waals surface area contributed by atoms with Crippen LogP contribution in [0, 0.1) is 5.92 Å². The molecule has 130 valence electrons. The van der Waals surface area contributed by atoms with Crippen molar-refractivity contribution in [3.63, 3.8) is 0 Å². The van der Waals surface area contributed by atoms with E-state index in [1.54, 1.807) is 0 Å². The number of hydrogen-bond donors (Lipinski definition) is 2. The molecule has 2 saturated heterocycles. The normalized spacial score (nSPS) is 23.0. The number of nitrogens with zero attached hydrogens (tertiary/aromatic N) is 1. The Labute approximate surface area is 151 Å². The van der Waals surface area contributed by atoms with Gasteiger partial charge in [-0.3, -0.25) is 4.79 Å². The summed E-state index contributed by atoms with van der Waals surface area (Å²) >= 11 is 0. The minimum Gasteiger partial charge on any atom is -0.371 e. The Kier molecular flexibility index (Phi) is 8.74. The van der Waals surface area contributed by atoms with Crippen LogP contribution < -0.4 is 15.5 Å². The zero-order valence-corrected chi connectivity index (χ0v) is 15.0. The molecule has 0 aliphatic carbocycles. The maximum Gasteiger partial charge on any atom is 0.221 e. The molecule has 0 spiro atoms. The number of carbonyl (C=O) groups is 1. The molecule has 0 aromatic heterocycles. The SMILES string of the molecule is Cl.Cl.O=C(CC1CCCN1)NCC1CCN(c2ccccc2)C1. The van der Waals surface area contributed by atoms with E-state index in [0.717, 1.165) is 39.0 Å². The molecule has 0 radical (unpaired) electrons. The molecule has 0 bridgehead atoms. The van der Waals surface area contributed by atoms with E-state index in [2.05, 4.69) is 39.8 Å². The summed E-state index contributed by atoms with van der Waals surface area (Å²) in [6, 6.07) is 10.9. The van der Waals surface area contributed by atoms with Gasteiger partial charge in [-0.05, 0) is 43.9 Å². The van der Waals surface area contributed by atoms with Crippen LogP contribution >= 0.6 is 24.8 Å². The molecule has 2 N–H and O–H groups in total. The van der Waals surface area contributed by atoms with Gasteiger partial charge in [0.05, 0.1) is 0 Å². The molecular weight excluding hydrogens is 333 g/mol. The smallest absolute Gasteiger partial charge is 0.221 e. The predicted octanol–water partition coefficient (Wildman–Crippen LogP) is 2.61. The lowest BCUT2D eigenvalue weighted by atomic mass is 10.1. The fourth-order valence-corrected chi connectivity index (χ4v) is 3.36. The third-order valence-corrected chi connectivity index (χ3v) is 4.59. The highest BCUT2D eigenvalue weighted by molar-refractivity contribution is 5.85. The van der Waals surface area contributed by atoms with Crippen molar-refractivity contribution in [3.05, 3.63) is 30.3 Å². The average Bonchev–Trinajstić information content (AvgIpc) is 3.17. The Morgan fingerprint density at radius 2 is 2.00 bits per heavy atom. The Hall–Kier alpha value is -0.970. The first-order valence-electron chi connectivity index (χ1n) is 8.11. The first kappa shape index (κ1) is 20.1. The molecule has 6 heteroatoms. The van der Waals surface area contributed by atoms with Gasteiger partial charge in [0.25, 0.3) is 0 Å². The maximum atomic E-state index is 11.9. The van der Waals surface area contributed by atoms with E-state index in [0.29, 0.717) is 18.4 Å². The predicted molar refractivity (Wildman–Crippen MR) is 99.9 cm³/mol. The number of benzene rings is 1. The fourth-order valence-electron chi connectivity index (χ4n) is 3.36. The van der Waals surface area contributed by atoms with Crippen LogP contribution in [-0.4, -0.2) is 38.1 Å². The average molecular weight is 360 g/mol. The summed E-state index contributed by atoms with van der Waals surface area (Å²) in [6.45, 7) is 4.02. The molecule has 3 rings (SSSR count). The highest BCUT2D eigenvalue weighted by Gasteiger charge is 2.23. The van der Waals surface area contributed by atoms with Crippen molar-refractivity contribution in [2.24, 2.45) is 5.92 Å². The lowest BCUT2D eigenvalue weighted by Gasteiger charge is -2.19. The van der Waals surface area contributed by atoms with E-state index in [1.165, 1.54) is 12.1 Å². The largest absolute Gasteiger partial charge is 0.371 e. The molecule has 2 aliphatic rings. The quantitative estimate of drug-likeness (QED) is 0.849. The summed E-state index contributed by atoms with van der Waals surface area (Å²) in [4.78, 5) is 14.4. The standard InChI is InChI=1S/C17H25N3O.2ClH/c21-17(11-15-5-4-9-18-15)19-12-14-8-10-20(13-14)16-6-2-1-3-7-16;;/h1-3,6-7,14-15,18H,4-5,8-13H2,(H,19,21);2*1H. The summed E-state index contributed by atoms with van der Waals surface area (Å²) in [5.74, 6) is 0.776. The first-order valence-corrected chi connectivity index (χ1v) is 8.11. The van der Waals surface area contributed by atoms with Gasteiger partial charge >= 0.3 is 0 Å². The molecule has 2 fully saturated rings. The van der Waals surface area contributed by atoms with Crippen LogP contribution in [0.3, 0.4) is 0 Å². The summed E-state index contributed by atoms with van der Waals surface area (Å²) in [7, 11) is 0. The zero-order valence-electron chi connectivity index (χ0n) is 13.4. The Morgan fingerprint density at radius 3 is 2.70 bits per heavy atom. The number of halogens is 2. The van der Waals surface area contributed by atoms with Crippen molar-refractivity contribution in [3.8, 4) is 0 Å². The van der Waals surface area contributed by atoms with Gasteiger partial charge in [0.2, 0.25) is 5.91 Å². The number of carbonyl (C=O) groups excluding carboxylic acids is 1. The van der Waals surface area contributed by atoms with Crippen molar-refractivity contribution >= 4 is 36.4 Å². The summed E-state index contributed by atoms with van der Waals surface area (Å²) in [6.07, 6.45) is 4.14. The molecule has 23 heavy (non-hydrogen) atoms. The number of anilines is 1. The van der Waals surface area contributed by atoms with Crippen LogP contribution in [0.25, 0.3) is 0 Å². The first-order chi connectivity index (χ1) is 10.3. The molecule has 2 heterocycles. The molecule has 2 atom stereocenters. The Morgan fingerprint density at radius 1 is 1.22 bits per heavy atom. The van der Waals surface area contributed by atoms with E-state index >= 15 is 0 Å². The van der Waals surface area contributed by atoms with E-state index in [4.69, 9.17) is 0 Å². The molecule has 0 saturated carbocycles. The van der Waals surface area contributed by atoms with E-state index in [1.807, 2.05) is 6.07 Å². The Bertz CT molecular complexity index is 466. The highest BCUT2D eigenvalue weighted by Crippen LogP contribution is 2.23. The molecule has 1 aromatic rings. The number of hydrogen-bond acceptors (Lipinski definition) is 3. The van der Waals surface area contributed by atoms with E-state index < -0.39 is 0 Å². The molecule has 4 nitrogen and oxygen atoms in total. The van der Waals surface area contributed by atoms with Crippen LogP contribution in [-0.2, 0) is 4.79 Å². The summed E-state index contributed by atoms with van der Waals surface area (Å²) in [5, 5.41) is 6.49. The van der Waals surface area contributed by atoms with Gasteiger partial charge in [-0.1, -0.05) is 18.2 Å². The lowest BCUT2D eigenvalue weighted by molar-refractivity contribution is -0.121. The highest BCUT2D eigenvalue weighted by atomic mass is 35.5. The number of nitrogens with one attached hydrogen (secondary N) is 2. The van der Waals surface area contributed by atoms with E-state index in [-0.39, 0.29) is 30.7 Å². The van der Waals surface area contributed by atoms with Crippen LogP contribution in [0.1, 0.15) is 25.7 Å². The van der Waals surface area contributed by atoms with Gasteiger partial charge in [0, 0.05) is 37.8 Å². The maximum absolute atomic E-state index is 11.9. The van der Waals surface area contributed by atoms with Gasteiger partial charge in [-0.25, -0.2) is 0 Å². The number of rotatable bonds is 5. The van der Waals surface area contributed by atoms with Crippen LogP contribution in [0.2, 0.25) is 0 Å². The zero-order chi connectivity index (χ0) is 14.5. The second kappa shape index (κ2) is 10.0. The third-order valence-electron chi connectivity index (χ3n) is 4.59. The second-order valence-electron chi connectivity index (χ2n) is 6.24. The molecule has 1 amide bonds. The van der Waals surface area contributed by atoms with Gasteiger partial charge < -0.3 is 15.5 Å². The van der Waals surface area contributed by atoms with E-state index in [9.17, 15) is 4.79 Å². The fraction of sp³-hybridized carbons (Fsp3) is 0.588. The molecule has 1 aromatic carbocycles. The third kappa shape index (κ3) is 5.87. The molecule has 2 unspecified atom stereocenters. The summed E-state index contributed by atoms with van der Waals surface area (Å²) in [5.41, 5.74) is 1.29. The van der Waals surface area contributed by atoms with Crippen molar-refractivity contribution in [1.29, 1.82) is 0 Å². The number of amides is 1.